The predicted molar refractivity (Wildman–Crippen MR) is 83.2 cm³/mol. The quantitative estimate of drug-likeness (QED) is 0.815. The number of carboxylic acid groups (broad SMARTS) is 1. The van der Waals surface area contributed by atoms with E-state index in [0.717, 1.165) is 8.95 Å². The van der Waals surface area contributed by atoms with Crippen LogP contribution in [0, 0.1) is 0 Å². The minimum atomic E-state index is -1.04. The van der Waals surface area contributed by atoms with Gasteiger partial charge in [-0.15, -0.1) is 0 Å². The van der Waals surface area contributed by atoms with Gasteiger partial charge in [-0.1, -0.05) is 37.9 Å². The Morgan fingerprint density at radius 2 is 1.60 bits per heavy atom. The van der Waals surface area contributed by atoms with Gasteiger partial charge in [0, 0.05) is 20.2 Å². The lowest BCUT2D eigenvalue weighted by molar-refractivity contribution is 0.0696. The van der Waals surface area contributed by atoms with Gasteiger partial charge in [0.25, 0.3) is 5.91 Å². The molecule has 6 heteroatoms. The smallest absolute Gasteiger partial charge is 0.335 e. The zero-order valence-electron chi connectivity index (χ0n) is 10.1. The third-order valence-corrected chi connectivity index (χ3v) is 3.41. The molecule has 0 heterocycles. The van der Waals surface area contributed by atoms with Crippen LogP contribution >= 0.6 is 31.9 Å². The van der Waals surface area contributed by atoms with Crippen LogP contribution in [0.4, 0.5) is 5.69 Å². The Kier molecular flexibility index (Phi) is 4.57. The average Bonchev–Trinajstić information content (AvgIpc) is 2.37. The molecule has 0 bridgehead atoms. The Bertz CT molecular complexity index is 666. The number of anilines is 1. The number of aromatic carboxylic acids is 1. The molecule has 20 heavy (non-hydrogen) atoms. The maximum absolute atomic E-state index is 12.1. The SMILES string of the molecule is O=C(O)c1cccc(NC(=O)c2cc(Br)cc(Br)c2)c1. The van der Waals surface area contributed by atoms with E-state index in [1.54, 1.807) is 24.3 Å². The first-order valence-corrected chi connectivity index (χ1v) is 7.15. The van der Waals surface area contributed by atoms with Crippen LogP contribution in [-0.2, 0) is 0 Å². The number of amides is 1. The second kappa shape index (κ2) is 6.19. The molecule has 0 aliphatic carbocycles. The van der Waals surface area contributed by atoms with Crippen molar-refractivity contribution in [2.24, 2.45) is 0 Å². The number of carbonyl (C=O) groups excluding carboxylic acids is 1. The van der Waals surface area contributed by atoms with Gasteiger partial charge in [-0.3, -0.25) is 4.79 Å². The Morgan fingerprint density at radius 1 is 0.950 bits per heavy atom. The lowest BCUT2D eigenvalue weighted by Gasteiger charge is -2.07. The zero-order chi connectivity index (χ0) is 14.7. The van der Waals surface area contributed by atoms with E-state index in [4.69, 9.17) is 5.11 Å². The first-order valence-electron chi connectivity index (χ1n) is 5.56. The van der Waals surface area contributed by atoms with Crippen molar-refractivity contribution in [2.45, 2.75) is 0 Å². The number of halogens is 2. The first-order chi connectivity index (χ1) is 9.45. The Morgan fingerprint density at radius 3 is 2.20 bits per heavy atom. The second-order valence-corrected chi connectivity index (χ2v) is 5.83. The first kappa shape index (κ1) is 14.7. The molecule has 0 saturated heterocycles. The molecule has 2 aromatic carbocycles. The molecule has 2 aromatic rings. The predicted octanol–water partition coefficient (Wildman–Crippen LogP) is 4.16. The summed E-state index contributed by atoms with van der Waals surface area (Å²) in [5.41, 5.74) is 1.02. The molecule has 0 radical (unpaired) electrons. The van der Waals surface area contributed by atoms with Gasteiger partial charge < -0.3 is 10.4 Å². The van der Waals surface area contributed by atoms with Crippen LogP contribution in [0.1, 0.15) is 20.7 Å². The van der Waals surface area contributed by atoms with Crippen LogP contribution in [0.25, 0.3) is 0 Å². The lowest BCUT2D eigenvalue weighted by atomic mass is 10.2. The molecule has 0 fully saturated rings. The van der Waals surface area contributed by atoms with E-state index in [0.29, 0.717) is 11.3 Å². The van der Waals surface area contributed by atoms with Gasteiger partial charge in [-0.05, 0) is 36.4 Å². The van der Waals surface area contributed by atoms with Crippen molar-refractivity contribution >= 4 is 49.4 Å². The number of carboxylic acids is 1. The summed E-state index contributed by atoms with van der Waals surface area (Å²) in [6.45, 7) is 0. The van der Waals surface area contributed by atoms with E-state index in [1.807, 2.05) is 6.07 Å². The maximum atomic E-state index is 12.1. The molecule has 0 saturated carbocycles. The molecule has 0 spiro atoms. The van der Waals surface area contributed by atoms with Gasteiger partial charge in [0.05, 0.1) is 5.56 Å². The molecular formula is C14H9Br2NO3. The van der Waals surface area contributed by atoms with Crippen LogP contribution in [0.3, 0.4) is 0 Å². The van der Waals surface area contributed by atoms with E-state index >= 15 is 0 Å². The summed E-state index contributed by atoms with van der Waals surface area (Å²) in [6.07, 6.45) is 0. The molecule has 0 aliphatic heterocycles. The van der Waals surface area contributed by atoms with Crippen molar-refractivity contribution in [1.29, 1.82) is 0 Å². The zero-order valence-corrected chi connectivity index (χ0v) is 13.2. The van der Waals surface area contributed by atoms with Crippen LogP contribution < -0.4 is 5.32 Å². The van der Waals surface area contributed by atoms with Gasteiger partial charge in [-0.2, -0.15) is 0 Å². The van der Waals surface area contributed by atoms with Crippen molar-refractivity contribution in [3.63, 3.8) is 0 Å². The van der Waals surface area contributed by atoms with E-state index < -0.39 is 5.97 Å². The summed E-state index contributed by atoms with van der Waals surface area (Å²) < 4.78 is 1.55. The summed E-state index contributed by atoms with van der Waals surface area (Å²) in [6, 6.07) is 11.3. The topological polar surface area (TPSA) is 66.4 Å². The van der Waals surface area contributed by atoms with Gasteiger partial charge in [0.1, 0.15) is 0 Å². The van der Waals surface area contributed by atoms with Crippen LogP contribution in [0.5, 0.6) is 0 Å². The molecule has 0 atom stereocenters. The molecule has 1 amide bonds. The van der Waals surface area contributed by atoms with Gasteiger partial charge in [-0.25, -0.2) is 4.79 Å². The molecule has 0 aliphatic rings. The van der Waals surface area contributed by atoms with E-state index in [1.165, 1.54) is 12.1 Å². The fourth-order valence-corrected chi connectivity index (χ4v) is 2.91. The number of hydrogen-bond donors (Lipinski definition) is 2. The van der Waals surface area contributed by atoms with Crippen molar-refractivity contribution < 1.29 is 14.7 Å². The highest BCUT2D eigenvalue weighted by molar-refractivity contribution is 9.11. The molecule has 2 N–H and O–H groups in total. The largest absolute Gasteiger partial charge is 0.478 e. The van der Waals surface area contributed by atoms with Crippen LogP contribution in [-0.4, -0.2) is 17.0 Å². The van der Waals surface area contributed by atoms with Crippen molar-refractivity contribution in [3.8, 4) is 0 Å². The number of carbonyl (C=O) groups is 2. The monoisotopic (exact) mass is 397 g/mol. The molecule has 4 nitrogen and oxygen atoms in total. The number of nitrogens with one attached hydrogen (secondary N) is 1. The lowest BCUT2D eigenvalue weighted by Crippen LogP contribution is -2.12. The van der Waals surface area contributed by atoms with Gasteiger partial charge >= 0.3 is 5.97 Å². The summed E-state index contributed by atoms with van der Waals surface area (Å²) in [7, 11) is 0. The van der Waals surface area contributed by atoms with Crippen molar-refractivity contribution in [2.75, 3.05) is 5.32 Å². The third-order valence-electron chi connectivity index (χ3n) is 2.49. The van der Waals surface area contributed by atoms with Crippen LogP contribution in [0.2, 0.25) is 0 Å². The van der Waals surface area contributed by atoms with Gasteiger partial charge in [0.15, 0.2) is 0 Å². The van der Waals surface area contributed by atoms with E-state index in [2.05, 4.69) is 37.2 Å². The van der Waals surface area contributed by atoms with Crippen molar-refractivity contribution in [1.82, 2.24) is 0 Å². The summed E-state index contributed by atoms with van der Waals surface area (Å²) >= 11 is 6.62. The van der Waals surface area contributed by atoms with Crippen LogP contribution in [0.15, 0.2) is 51.4 Å². The highest BCUT2D eigenvalue weighted by Gasteiger charge is 2.09. The second-order valence-electron chi connectivity index (χ2n) is 4.00. The van der Waals surface area contributed by atoms with Gasteiger partial charge in [0.2, 0.25) is 0 Å². The number of hydrogen-bond acceptors (Lipinski definition) is 2. The minimum Gasteiger partial charge on any atom is -0.478 e. The third kappa shape index (κ3) is 3.68. The highest BCUT2D eigenvalue weighted by atomic mass is 79.9. The Balaban J connectivity index is 2.23. The Labute approximate surface area is 132 Å². The fourth-order valence-electron chi connectivity index (χ4n) is 1.62. The highest BCUT2D eigenvalue weighted by Crippen LogP contribution is 2.21. The summed E-state index contributed by atoms with van der Waals surface area (Å²) in [5.74, 6) is -1.35. The Hall–Kier alpha value is -1.66. The number of benzene rings is 2. The van der Waals surface area contributed by atoms with Crippen molar-refractivity contribution in [3.05, 3.63) is 62.5 Å². The van der Waals surface area contributed by atoms with E-state index in [9.17, 15) is 9.59 Å². The molecule has 0 aromatic heterocycles. The fraction of sp³-hybridized carbons (Fsp3) is 0. The minimum absolute atomic E-state index is 0.123. The maximum Gasteiger partial charge on any atom is 0.335 e. The number of rotatable bonds is 3. The summed E-state index contributed by atoms with van der Waals surface area (Å²) in [4.78, 5) is 23.0. The standard InChI is InChI=1S/C14H9Br2NO3/c15-10-4-9(5-11(16)7-10)13(18)17-12-3-1-2-8(6-12)14(19)20/h1-7H,(H,17,18)(H,19,20). The summed E-state index contributed by atoms with van der Waals surface area (Å²) in [5, 5.41) is 11.6. The molecular weight excluding hydrogens is 390 g/mol. The normalized spacial score (nSPS) is 10.1. The average molecular weight is 399 g/mol. The molecule has 0 unspecified atom stereocenters. The van der Waals surface area contributed by atoms with E-state index in [-0.39, 0.29) is 11.5 Å². The molecule has 2 rings (SSSR count). The molecule has 102 valence electrons.